The molecule has 5 atom stereocenters. The summed E-state index contributed by atoms with van der Waals surface area (Å²) in [5.41, 5.74) is 6.21. The average molecular weight is 440 g/mol. The van der Waals surface area contributed by atoms with Crippen LogP contribution in [0.4, 0.5) is 0 Å². The maximum Gasteiger partial charge on any atom is 0.186 e. The second-order valence-electron chi connectivity index (χ2n) is 6.43. The molecule has 1 fully saturated rings. The quantitative estimate of drug-likeness (QED) is 0.127. The van der Waals surface area contributed by atoms with Crippen LogP contribution in [0.25, 0.3) is 0 Å². The molecule has 0 saturated carbocycles. The highest BCUT2D eigenvalue weighted by atomic mass is 16.7. The van der Waals surface area contributed by atoms with Gasteiger partial charge in [-0.3, -0.25) is 0 Å². The SMILES string of the molecule is CC.CCCOCCOCCOC/C(N)=C/N(N)CC1OC(OC)C(O)C(O)C1O. The molecule has 30 heavy (non-hydrogen) atoms. The molecule has 0 radical (unpaired) electrons. The number of hydrogen-bond donors (Lipinski definition) is 5. The third-order valence-electron chi connectivity index (χ3n) is 3.98. The van der Waals surface area contributed by atoms with Crippen molar-refractivity contribution >= 4 is 0 Å². The van der Waals surface area contributed by atoms with Crippen molar-refractivity contribution in [2.24, 2.45) is 11.6 Å². The highest BCUT2D eigenvalue weighted by molar-refractivity contribution is 4.97. The van der Waals surface area contributed by atoms with Crippen LogP contribution >= 0.6 is 0 Å². The standard InChI is InChI=1S/C17H35N3O8.C2H6/c1-3-4-25-5-6-26-7-8-27-11-12(18)9-20(19)10-13-14(21)15(22)16(23)17(24-2)28-13;1-2/h9,13-17,21-23H,3-8,10-11,18-19H2,1-2H3;1-2H3/b12-9-;. The molecule has 180 valence electrons. The van der Waals surface area contributed by atoms with Crippen LogP contribution in [-0.4, -0.2) is 104 Å². The Morgan fingerprint density at radius 2 is 1.53 bits per heavy atom. The van der Waals surface area contributed by atoms with Gasteiger partial charge in [0.2, 0.25) is 0 Å². The number of methoxy groups -OCH3 is 1. The summed E-state index contributed by atoms with van der Waals surface area (Å²) < 4.78 is 26.4. The molecule has 5 unspecified atom stereocenters. The fraction of sp³-hybridized carbons (Fsp3) is 0.895. The normalized spacial score (nSPS) is 26.8. The summed E-state index contributed by atoms with van der Waals surface area (Å²) >= 11 is 0. The molecule has 0 spiro atoms. The fourth-order valence-corrected chi connectivity index (χ4v) is 2.55. The van der Waals surface area contributed by atoms with Gasteiger partial charge < -0.3 is 49.7 Å². The number of ether oxygens (including phenoxy) is 5. The number of aliphatic hydroxyl groups is 3. The largest absolute Gasteiger partial charge is 0.399 e. The predicted molar refractivity (Wildman–Crippen MR) is 111 cm³/mol. The maximum atomic E-state index is 10.0. The van der Waals surface area contributed by atoms with Crippen molar-refractivity contribution in [2.45, 2.75) is 57.9 Å². The lowest BCUT2D eigenvalue weighted by Gasteiger charge is -2.40. The zero-order chi connectivity index (χ0) is 22.9. The number of hydrogen-bond acceptors (Lipinski definition) is 11. The van der Waals surface area contributed by atoms with Gasteiger partial charge in [-0.1, -0.05) is 20.8 Å². The van der Waals surface area contributed by atoms with Crippen molar-refractivity contribution in [1.29, 1.82) is 0 Å². The van der Waals surface area contributed by atoms with Crippen LogP contribution < -0.4 is 11.6 Å². The molecular formula is C19H41N3O8. The third kappa shape index (κ3) is 11.4. The molecule has 1 aliphatic rings. The molecule has 0 bridgehead atoms. The summed E-state index contributed by atoms with van der Waals surface area (Å²) in [6, 6.07) is 0. The van der Waals surface area contributed by atoms with E-state index >= 15 is 0 Å². The predicted octanol–water partition coefficient (Wildman–Crippen LogP) is -1.10. The van der Waals surface area contributed by atoms with E-state index in [1.54, 1.807) is 0 Å². The van der Waals surface area contributed by atoms with E-state index in [2.05, 4.69) is 0 Å². The van der Waals surface area contributed by atoms with Gasteiger partial charge in [-0.05, 0) is 6.42 Å². The van der Waals surface area contributed by atoms with E-state index in [0.29, 0.717) is 32.1 Å². The van der Waals surface area contributed by atoms with Crippen LogP contribution in [0.1, 0.15) is 27.2 Å². The van der Waals surface area contributed by atoms with E-state index in [9.17, 15) is 15.3 Å². The first kappa shape index (κ1) is 29.0. The summed E-state index contributed by atoms with van der Waals surface area (Å²) in [5.74, 6) is 5.85. The van der Waals surface area contributed by atoms with Crippen molar-refractivity contribution in [3.8, 4) is 0 Å². The van der Waals surface area contributed by atoms with Crippen molar-refractivity contribution < 1.29 is 39.0 Å². The lowest BCUT2D eigenvalue weighted by molar-refractivity contribution is -0.291. The number of aliphatic hydroxyl groups excluding tert-OH is 3. The molecule has 1 aliphatic heterocycles. The van der Waals surface area contributed by atoms with E-state index in [4.69, 9.17) is 35.3 Å². The molecule has 0 amide bonds. The lowest BCUT2D eigenvalue weighted by atomic mass is 9.99. The van der Waals surface area contributed by atoms with Gasteiger partial charge >= 0.3 is 0 Å². The Labute approximate surface area is 179 Å². The summed E-state index contributed by atoms with van der Waals surface area (Å²) in [4.78, 5) is 0. The van der Waals surface area contributed by atoms with Crippen molar-refractivity contribution in [3.05, 3.63) is 11.9 Å². The Bertz CT molecular complexity index is 442. The van der Waals surface area contributed by atoms with E-state index < -0.39 is 30.7 Å². The molecule has 0 aromatic heterocycles. The van der Waals surface area contributed by atoms with Gasteiger partial charge in [0.15, 0.2) is 6.29 Å². The zero-order valence-electron chi connectivity index (χ0n) is 18.6. The molecule has 1 heterocycles. The van der Waals surface area contributed by atoms with Gasteiger partial charge in [0, 0.05) is 19.9 Å². The van der Waals surface area contributed by atoms with Gasteiger partial charge in [0.05, 0.1) is 45.3 Å². The van der Waals surface area contributed by atoms with Gasteiger partial charge in [0.25, 0.3) is 0 Å². The lowest BCUT2D eigenvalue weighted by Crippen LogP contribution is -2.60. The van der Waals surface area contributed by atoms with Gasteiger partial charge in [0.1, 0.15) is 24.4 Å². The van der Waals surface area contributed by atoms with Crippen LogP contribution in [0.3, 0.4) is 0 Å². The summed E-state index contributed by atoms with van der Waals surface area (Å²) in [7, 11) is 1.33. The first-order valence-corrected chi connectivity index (χ1v) is 10.3. The molecular weight excluding hydrogens is 398 g/mol. The summed E-state index contributed by atoms with van der Waals surface area (Å²) in [6.45, 7) is 8.81. The van der Waals surface area contributed by atoms with Crippen LogP contribution in [0.2, 0.25) is 0 Å². The number of nitrogens with two attached hydrogens (primary N) is 2. The third-order valence-corrected chi connectivity index (χ3v) is 3.98. The van der Waals surface area contributed by atoms with Crippen molar-refractivity contribution in [1.82, 2.24) is 5.01 Å². The highest BCUT2D eigenvalue weighted by Crippen LogP contribution is 2.22. The molecule has 11 nitrogen and oxygen atoms in total. The molecule has 7 N–H and O–H groups in total. The number of rotatable bonds is 14. The second kappa shape index (κ2) is 17.6. The Balaban J connectivity index is 0.00000407. The van der Waals surface area contributed by atoms with Crippen LogP contribution in [0.15, 0.2) is 11.9 Å². The topological polar surface area (TPSA) is 162 Å². The monoisotopic (exact) mass is 439 g/mol. The van der Waals surface area contributed by atoms with Crippen LogP contribution in [-0.2, 0) is 23.7 Å². The fourth-order valence-electron chi connectivity index (χ4n) is 2.55. The summed E-state index contributed by atoms with van der Waals surface area (Å²) in [6.07, 6.45) is -3.60. The smallest absolute Gasteiger partial charge is 0.186 e. The minimum absolute atomic E-state index is 0.0202. The van der Waals surface area contributed by atoms with E-state index in [1.807, 2.05) is 20.8 Å². The van der Waals surface area contributed by atoms with Crippen molar-refractivity contribution in [2.75, 3.05) is 53.3 Å². The minimum atomic E-state index is -1.41. The first-order chi connectivity index (χ1) is 14.4. The molecule has 11 heteroatoms. The number of nitrogens with zero attached hydrogens (tertiary/aromatic N) is 1. The molecule has 1 saturated heterocycles. The summed E-state index contributed by atoms with van der Waals surface area (Å²) in [5, 5.41) is 30.8. The highest BCUT2D eigenvalue weighted by Gasteiger charge is 2.44. The number of hydrazine groups is 1. The molecule has 0 aliphatic carbocycles. The minimum Gasteiger partial charge on any atom is -0.399 e. The molecule has 0 aromatic rings. The Hall–Kier alpha value is -1.02. The molecule has 1 rings (SSSR count). The Kier molecular flexibility index (Phi) is 17.0. The zero-order valence-corrected chi connectivity index (χ0v) is 18.6. The Morgan fingerprint density at radius 1 is 0.967 bits per heavy atom. The van der Waals surface area contributed by atoms with Gasteiger partial charge in [-0.25, -0.2) is 5.84 Å². The van der Waals surface area contributed by atoms with Crippen LogP contribution in [0.5, 0.6) is 0 Å². The van der Waals surface area contributed by atoms with E-state index in [0.717, 1.165) is 13.0 Å². The van der Waals surface area contributed by atoms with E-state index in [-0.39, 0.29) is 13.2 Å². The molecule has 0 aromatic carbocycles. The van der Waals surface area contributed by atoms with Gasteiger partial charge in [-0.2, -0.15) is 0 Å². The van der Waals surface area contributed by atoms with Gasteiger partial charge in [-0.15, -0.1) is 0 Å². The van der Waals surface area contributed by atoms with Crippen LogP contribution in [0, 0.1) is 0 Å². The first-order valence-electron chi connectivity index (χ1n) is 10.3. The van der Waals surface area contributed by atoms with E-state index in [1.165, 1.54) is 18.3 Å². The van der Waals surface area contributed by atoms with Crippen molar-refractivity contribution in [3.63, 3.8) is 0 Å². The maximum absolute atomic E-state index is 10.0. The Morgan fingerprint density at radius 3 is 2.10 bits per heavy atom. The average Bonchev–Trinajstić information content (AvgIpc) is 2.74. The second-order valence-corrected chi connectivity index (χ2v) is 6.43.